The van der Waals surface area contributed by atoms with Crippen LogP contribution in [0.3, 0.4) is 0 Å². The fourth-order valence-corrected chi connectivity index (χ4v) is 3.25. The van der Waals surface area contributed by atoms with E-state index in [1.54, 1.807) is 36.4 Å². The molecule has 3 aromatic carbocycles. The van der Waals surface area contributed by atoms with Crippen LogP contribution in [0.4, 0.5) is 10.1 Å². The number of carboxylic acids is 1. The largest absolute Gasteiger partial charge is 0.488 e. The minimum atomic E-state index is -1.13. The van der Waals surface area contributed by atoms with Crippen molar-refractivity contribution >= 4 is 39.6 Å². The molecule has 0 bridgehead atoms. The van der Waals surface area contributed by atoms with E-state index in [4.69, 9.17) is 9.84 Å². The summed E-state index contributed by atoms with van der Waals surface area (Å²) in [5.41, 5.74) is 1.08. The first-order valence-electron chi connectivity index (χ1n) is 9.29. The number of carbonyl (C=O) groups is 2. The Morgan fingerprint density at radius 1 is 1.12 bits per heavy atom. The average molecular weight is 495 g/mol. The topological polar surface area (TPSA) is 99.4 Å². The van der Waals surface area contributed by atoms with Gasteiger partial charge < -0.3 is 15.2 Å². The lowest BCUT2D eigenvalue weighted by atomic mass is 10.1. The van der Waals surface area contributed by atoms with Gasteiger partial charge in [0, 0.05) is 11.3 Å². The number of rotatable bonds is 7. The first kappa shape index (κ1) is 22.7. The number of amides is 1. The number of carboxylic acid groups (broad SMARTS) is 1. The Bertz CT molecular complexity index is 1250. The van der Waals surface area contributed by atoms with Gasteiger partial charge in [0.1, 0.15) is 29.8 Å². The number of aromatic carboxylic acids is 1. The number of nitrogens with zero attached hydrogens (tertiary/aromatic N) is 1. The van der Waals surface area contributed by atoms with Crippen molar-refractivity contribution in [2.45, 2.75) is 6.61 Å². The van der Waals surface area contributed by atoms with Crippen molar-refractivity contribution in [3.63, 3.8) is 0 Å². The van der Waals surface area contributed by atoms with Crippen LogP contribution < -0.4 is 10.1 Å². The van der Waals surface area contributed by atoms with Crippen LogP contribution in [-0.2, 0) is 11.4 Å². The van der Waals surface area contributed by atoms with Gasteiger partial charge in [-0.2, -0.15) is 5.26 Å². The van der Waals surface area contributed by atoms with E-state index in [0.29, 0.717) is 21.3 Å². The zero-order chi connectivity index (χ0) is 23.1. The second kappa shape index (κ2) is 10.4. The third kappa shape index (κ3) is 5.80. The summed E-state index contributed by atoms with van der Waals surface area (Å²) in [6.45, 7) is 0.0434. The average Bonchev–Trinajstić information content (AvgIpc) is 2.78. The molecule has 2 N–H and O–H groups in total. The number of nitrogens with one attached hydrogen (secondary N) is 1. The highest BCUT2D eigenvalue weighted by molar-refractivity contribution is 9.10. The summed E-state index contributed by atoms with van der Waals surface area (Å²) in [7, 11) is 0. The van der Waals surface area contributed by atoms with Gasteiger partial charge in [0.15, 0.2) is 0 Å². The number of hydrogen-bond donors (Lipinski definition) is 2. The van der Waals surface area contributed by atoms with Crippen LogP contribution in [0, 0.1) is 17.1 Å². The minimum Gasteiger partial charge on any atom is -0.488 e. The molecule has 0 fully saturated rings. The first-order valence-corrected chi connectivity index (χ1v) is 10.1. The zero-order valence-electron chi connectivity index (χ0n) is 16.5. The van der Waals surface area contributed by atoms with E-state index in [1.165, 1.54) is 36.4 Å². The molecule has 0 atom stereocenters. The van der Waals surface area contributed by atoms with Crippen molar-refractivity contribution in [2.24, 2.45) is 0 Å². The van der Waals surface area contributed by atoms with E-state index >= 15 is 0 Å². The van der Waals surface area contributed by atoms with Gasteiger partial charge >= 0.3 is 5.97 Å². The van der Waals surface area contributed by atoms with E-state index in [9.17, 15) is 19.2 Å². The maximum absolute atomic E-state index is 13.7. The summed E-state index contributed by atoms with van der Waals surface area (Å²) >= 11 is 3.38. The molecule has 32 heavy (non-hydrogen) atoms. The van der Waals surface area contributed by atoms with Crippen molar-refractivity contribution in [1.82, 2.24) is 0 Å². The minimum absolute atomic E-state index is 0.0141. The van der Waals surface area contributed by atoms with Gasteiger partial charge in [0.25, 0.3) is 5.91 Å². The van der Waals surface area contributed by atoms with Crippen molar-refractivity contribution in [3.8, 4) is 11.8 Å². The fourth-order valence-electron chi connectivity index (χ4n) is 2.74. The molecule has 1 amide bonds. The number of halogens is 2. The van der Waals surface area contributed by atoms with Crippen LogP contribution in [0.15, 0.2) is 76.8 Å². The molecule has 8 heteroatoms. The van der Waals surface area contributed by atoms with E-state index in [-0.39, 0.29) is 29.2 Å². The lowest BCUT2D eigenvalue weighted by Crippen LogP contribution is -2.13. The van der Waals surface area contributed by atoms with Gasteiger partial charge in [0.05, 0.1) is 10.0 Å². The molecule has 0 radical (unpaired) electrons. The number of nitriles is 1. The normalized spacial score (nSPS) is 10.8. The van der Waals surface area contributed by atoms with E-state index < -0.39 is 11.9 Å². The Morgan fingerprint density at radius 2 is 1.91 bits per heavy atom. The summed E-state index contributed by atoms with van der Waals surface area (Å²) in [6.07, 6.45) is 1.39. The Kier molecular flexibility index (Phi) is 7.37. The predicted octanol–water partition coefficient (Wildman–Crippen LogP) is 5.41. The van der Waals surface area contributed by atoms with E-state index in [0.717, 1.165) is 0 Å². The van der Waals surface area contributed by atoms with E-state index in [2.05, 4.69) is 21.2 Å². The SMILES string of the molecule is N#C/C(=C/c1ccc(OCc2ccccc2F)c(Br)c1)C(=O)Nc1cccc(C(=O)O)c1. The van der Waals surface area contributed by atoms with Gasteiger partial charge in [-0.05, 0) is 64.0 Å². The lowest BCUT2D eigenvalue weighted by molar-refractivity contribution is -0.112. The molecule has 3 aromatic rings. The molecule has 0 spiro atoms. The third-order valence-corrected chi connectivity index (χ3v) is 4.96. The molecule has 0 aromatic heterocycles. The molecule has 0 saturated heterocycles. The maximum Gasteiger partial charge on any atom is 0.335 e. The number of benzene rings is 3. The van der Waals surface area contributed by atoms with E-state index in [1.807, 2.05) is 6.07 Å². The molecule has 0 aliphatic carbocycles. The van der Waals surface area contributed by atoms with Crippen LogP contribution in [0.5, 0.6) is 5.75 Å². The van der Waals surface area contributed by atoms with Crippen molar-refractivity contribution in [1.29, 1.82) is 5.26 Å². The third-order valence-electron chi connectivity index (χ3n) is 4.34. The zero-order valence-corrected chi connectivity index (χ0v) is 18.1. The maximum atomic E-state index is 13.7. The number of hydrogen-bond acceptors (Lipinski definition) is 4. The summed E-state index contributed by atoms with van der Waals surface area (Å²) in [5.74, 6) is -1.69. The molecular formula is C24H16BrFN2O4. The standard InChI is InChI=1S/C24H16BrFN2O4/c25-20-11-15(8-9-22(20)32-14-17-4-1-2-7-21(17)26)10-18(13-27)23(29)28-19-6-3-5-16(12-19)24(30)31/h1-12H,14H2,(H,28,29)(H,30,31)/b18-10-. The molecule has 3 rings (SSSR count). The Balaban J connectivity index is 1.73. The van der Waals surface area contributed by atoms with Crippen LogP contribution in [0.25, 0.3) is 6.08 Å². The monoisotopic (exact) mass is 494 g/mol. The van der Waals surface area contributed by atoms with Gasteiger partial charge in [-0.3, -0.25) is 4.79 Å². The molecule has 160 valence electrons. The molecule has 0 unspecified atom stereocenters. The van der Waals surface area contributed by atoms with Crippen molar-refractivity contribution in [3.05, 3.63) is 99.3 Å². The highest BCUT2D eigenvalue weighted by Gasteiger charge is 2.12. The van der Waals surface area contributed by atoms with Crippen LogP contribution in [-0.4, -0.2) is 17.0 Å². The molecule has 6 nitrogen and oxygen atoms in total. The Hall–Kier alpha value is -3.96. The van der Waals surface area contributed by atoms with Gasteiger partial charge in [0.2, 0.25) is 0 Å². The molecule has 0 saturated carbocycles. The van der Waals surface area contributed by atoms with Gasteiger partial charge in [-0.1, -0.05) is 30.3 Å². The summed E-state index contributed by atoms with van der Waals surface area (Å²) in [4.78, 5) is 23.5. The molecule has 0 aliphatic rings. The van der Waals surface area contributed by atoms with Crippen LogP contribution >= 0.6 is 15.9 Å². The number of anilines is 1. The Morgan fingerprint density at radius 3 is 2.59 bits per heavy atom. The summed E-state index contributed by atoms with van der Waals surface area (Å²) in [5, 5.41) is 21.0. The number of carbonyl (C=O) groups excluding carboxylic acids is 1. The summed E-state index contributed by atoms with van der Waals surface area (Å²) < 4.78 is 19.9. The smallest absolute Gasteiger partial charge is 0.335 e. The van der Waals surface area contributed by atoms with Crippen LogP contribution in [0.2, 0.25) is 0 Å². The summed E-state index contributed by atoms with van der Waals surface area (Å²) in [6, 6.07) is 18.8. The van der Waals surface area contributed by atoms with Gasteiger partial charge in [-0.25, -0.2) is 9.18 Å². The molecule has 0 heterocycles. The molecular weight excluding hydrogens is 479 g/mol. The lowest BCUT2D eigenvalue weighted by Gasteiger charge is -2.10. The quantitative estimate of drug-likeness (QED) is 0.337. The van der Waals surface area contributed by atoms with Crippen molar-refractivity contribution < 1.29 is 23.8 Å². The van der Waals surface area contributed by atoms with Gasteiger partial charge in [-0.15, -0.1) is 0 Å². The second-order valence-corrected chi connectivity index (χ2v) is 7.43. The van der Waals surface area contributed by atoms with Crippen LogP contribution in [0.1, 0.15) is 21.5 Å². The molecule has 0 aliphatic heterocycles. The second-order valence-electron chi connectivity index (χ2n) is 6.58. The first-order chi connectivity index (χ1) is 15.4. The highest BCUT2D eigenvalue weighted by atomic mass is 79.9. The fraction of sp³-hybridized carbons (Fsp3) is 0.0417. The highest BCUT2D eigenvalue weighted by Crippen LogP contribution is 2.28. The van der Waals surface area contributed by atoms with Crippen molar-refractivity contribution in [2.75, 3.05) is 5.32 Å². The number of ether oxygens (including phenoxy) is 1. The predicted molar refractivity (Wildman–Crippen MR) is 120 cm³/mol. The Labute approximate surface area is 191 Å².